The van der Waals surface area contributed by atoms with Crippen LogP contribution in [0.15, 0.2) is 168 Å². The lowest BCUT2D eigenvalue weighted by Gasteiger charge is -2.28. The van der Waals surface area contributed by atoms with E-state index < -0.39 is 0 Å². The minimum absolute atomic E-state index is 0.146. The fourth-order valence-corrected chi connectivity index (χ4v) is 7.58. The average Bonchev–Trinajstić information content (AvgIpc) is 3.62. The van der Waals surface area contributed by atoms with Gasteiger partial charge in [0.2, 0.25) is 0 Å². The highest BCUT2D eigenvalue weighted by atomic mass is 16.3. The fourth-order valence-electron chi connectivity index (χ4n) is 7.58. The number of hydrogen-bond acceptors (Lipinski definition) is 2. The Balaban J connectivity index is 1.20. The van der Waals surface area contributed by atoms with Crippen molar-refractivity contribution in [3.8, 4) is 33.4 Å². The average molecular weight is 604 g/mol. The molecule has 1 aliphatic carbocycles. The minimum atomic E-state index is -0.146. The smallest absolute Gasteiger partial charge is 0.143 e. The molecule has 8 aromatic rings. The summed E-state index contributed by atoms with van der Waals surface area (Å²) in [4.78, 5) is 2.37. The summed E-state index contributed by atoms with van der Waals surface area (Å²) in [7, 11) is 0. The van der Waals surface area contributed by atoms with Crippen LogP contribution in [0.4, 0.5) is 17.1 Å². The first-order valence-corrected chi connectivity index (χ1v) is 16.3. The van der Waals surface area contributed by atoms with E-state index in [1.807, 2.05) is 12.1 Å². The molecule has 2 nitrogen and oxygen atoms in total. The van der Waals surface area contributed by atoms with E-state index in [1.54, 1.807) is 0 Å². The summed E-state index contributed by atoms with van der Waals surface area (Å²) >= 11 is 0. The third kappa shape index (κ3) is 4.33. The van der Waals surface area contributed by atoms with E-state index >= 15 is 0 Å². The van der Waals surface area contributed by atoms with Crippen molar-refractivity contribution in [3.63, 3.8) is 0 Å². The number of hydrogen-bond donors (Lipinski definition) is 0. The Morgan fingerprint density at radius 2 is 1.09 bits per heavy atom. The van der Waals surface area contributed by atoms with Crippen LogP contribution in [0.1, 0.15) is 25.0 Å². The van der Waals surface area contributed by atoms with Gasteiger partial charge in [-0.25, -0.2) is 0 Å². The predicted molar refractivity (Wildman–Crippen MR) is 197 cm³/mol. The maximum atomic E-state index is 6.44. The third-order valence-corrected chi connectivity index (χ3v) is 9.86. The Morgan fingerprint density at radius 3 is 1.94 bits per heavy atom. The van der Waals surface area contributed by atoms with Crippen molar-refractivity contribution in [1.82, 2.24) is 0 Å². The van der Waals surface area contributed by atoms with Crippen molar-refractivity contribution in [2.45, 2.75) is 19.3 Å². The van der Waals surface area contributed by atoms with E-state index in [0.29, 0.717) is 0 Å². The molecule has 0 aliphatic heterocycles. The van der Waals surface area contributed by atoms with E-state index in [0.717, 1.165) is 50.1 Å². The van der Waals surface area contributed by atoms with Crippen LogP contribution in [0.2, 0.25) is 0 Å². The monoisotopic (exact) mass is 603 g/mol. The van der Waals surface area contributed by atoms with Gasteiger partial charge in [0, 0.05) is 38.8 Å². The molecule has 0 bridgehead atoms. The molecule has 0 N–H and O–H groups in total. The highest BCUT2D eigenvalue weighted by Crippen LogP contribution is 2.53. The topological polar surface area (TPSA) is 16.4 Å². The van der Waals surface area contributed by atoms with E-state index in [9.17, 15) is 0 Å². The standard InChI is InChI=1S/C45H33NO/c1-45(2)40-24-13-21-35(30-14-5-3-6-15-30)43(40)39-27-26-34(29-41(39)45)46(32-17-7-4-8-18-32)33-19-11-16-31(28-33)36-22-12-23-38-37-20-9-10-25-42(37)47-44(36)38/h3-29H,1-2H3. The van der Waals surface area contributed by atoms with Crippen LogP contribution in [-0.4, -0.2) is 0 Å². The van der Waals surface area contributed by atoms with Gasteiger partial charge in [-0.15, -0.1) is 0 Å². The summed E-state index contributed by atoms with van der Waals surface area (Å²) in [6.07, 6.45) is 0. The summed E-state index contributed by atoms with van der Waals surface area (Å²) in [6.45, 7) is 4.72. The Kier molecular flexibility index (Phi) is 6.20. The van der Waals surface area contributed by atoms with E-state index in [1.165, 1.54) is 33.4 Å². The first-order chi connectivity index (χ1) is 23.1. The third-order valence-electron chi connectivity index (χ3n) is 9.86. The van der Waals surface area contributed by atoms with Gasteiger partial charge in [-0.3, -0.25) is 0 Å². The minimum Gasteiger partial charge on any atom is -0.455 e. The number of fused-ring (bicyclic) bond motifs is 6. The van der Waals surface area contributed by atoms with E-state index in [2.05, 4.69) is 170 Å². The molecule has 47 heavy (non-hydrogen) atoms. The summed E-state index contributed by atoms with van der Waals surface area (Å²) in [5.74, 6) is 0. The summed E-state index contributed by atoms with van der Waals surface area (Å²) in [6, 6.07) is 58.8. The lowest BCUT2D eigenvalue weighted by Crippen LogP contribution is -2.16. The number of nitrogens with zero attached hydrogens (tertiary/aromatic N) is 1. The van der Waals surface area contributed by atoms with Gasteiger partial charge in [-0.1, -0.05) is 135 Å². The SMILES string of the molecule is CC1(C)c2cc(N(c3ccccc3)c3cccc(-c4cccc5c4oc4ccccc45)c3)ccc2-c2c(-c3ccccc3)cccc21. The first kappa shape index (κ1) is 27.5. The summed E-state index contributed by atoms with van der Waals surface area (Å²) in [5, 5.41) is 2.28. The molecule has 0 fully saturated rings. The zero-order valence-corrected chi connectivity index (χ0v) is 26.4. The van der Waals surface area contributed by atoms with E-state index in [-0.39, 0.29) is 5.41 Å². The first-order valence-electron chi connectivity index (χ1n) is 16.3. The summed E-state index contributed by atoms with van der Waals surface area (Å²) in [5.41, 5.74) is 15.2. The van der Waals surface area contributed by atoms with Gasteiger partial charge in [-0.2, -0.15) is 0 Å². The fraction of sp³-hybridized carbons (Fsp3) is 0.0667. The van der Waals surface area contributed by atoms with Crippen molar-refractivity contribution in [2.24, 2.45) is 0 Å². The molecule has 0 amide bonds. The van der Waals surface area contributed by atoms with Crippen LogP contribution in [0.3, 0.4) is 0 Å². The molecule has 224 valence electrons. The maximum Gasteiger partial charge on any atom is 0.143 e. The molecular weight excluding hydrogens is 571 g/mol. The number of rotatable bonds is 5. The lowest BCUT2D eigenvalue weighted by atomic mass is 9.81. The molecule has 0 atom stereocenters. The normalized spacial score (nSPS) is 13.1. The van der Waals surface area contributed by atoms with Crippen molar-refractivity contribution < 1.29 is 4.42 Å². The molecule has 1 heterocycles. The molecule has 1 aromatic heterocycles. The van der Waals surface area contributed by atoms with Gasteiger partial charge >= 0.3 is 0 Å². The zero-order chi connectivity index (χ0) is 31.5. The van der Waals surface area contributed by atoms with Crippen LogP contribution in [0.25, 0.3) is 55.3 Å². The largest absolute Gasteiger partial charge is 0.455 e. The quantitative estimate of drug-likeness (QED) is 0.195. The molecule has 0 saturated carbocycles. The number of benzene rings is 7. The van der Waals surface area contributed by atoms with Gasteiger partial charge in [0.25, 0.3) is 0 Å². The highest BCUT2D eigenvalue weighted by molar-refractivity contribution is 6.09. The van der Waals surface area contributed by atoms with Crippen LogP contribution < -0.4 is 4.90 Å². The molecule has 7 aromatic carbocycles. The van der Waals surface area contributed by atoms with Crippen LogP contribution in [-0.2, 0) is 5.41 Å². The molecular formula is C45H33NO. The van der Waals surface area contributed by atoms with Gasteiger partial charge in [0.1, 0.15) is 11.2 Å². The van der Waals surface area contributed by atoms with Crippen LogP contribution in [0.5, 0.6) is 0 Å². The van der Waals surface area contributed by atoms with Gasteiger partial charge in [-0.05, 0) is 81.4 Å². The number of furan rings is 1. The molecule has 2 heteroatoms. The van der Waals surface area contributed by atoms with Gasteiger partial charge in [0.05, 0.1) is 0 Å². The second kappa shape index (κ2) is 10.6. The van der Waals surface area contributed by atoms with Crippen molar-refractivity contribution in [3.05, 3.63) is 175 Å². The van der Waals surface area contributed by atoms with Crippen LogP contribution >= 0.6 is 0 Å². The Bertz CT molecular complexity index is 2440. The second-order valence-corrected chi connectivity index (χ2v) is 13.0. The highest BCUT2D eigenvalue weighted by Gasteiger charge is 2.37. The van der Waals surface area contributed by atoms with E-state index in [4.69, 9.17) is 4.42 Å². The van der Waals surface area contributed by atoms with Crippen molar-refractivity contribution >= 4 is 39.0 Å². The molecule has 1 aliphatic rings. The summed E-state index contributed by atoms with van der Waals surface area (Å²) < 4.78 is 6.44. The molecule has 0 saturated heterocycles. The molecule has 0 spiro atoms. The predicted octanol–water partition coefficient (Wildman–Crippen LogP) is 12.7. The van der Waals surface area contributed by atoms with Crippen molar-refractivity contribution in [2.75, 3.05) is 4.90 Å². The Morgan fingerprint density at radius 1 is 0.447 bits per heavy atom. The maximum absolute atomic E-state index is 6.44. The number of para-hydroxylation sites is 3. The molecule has 0 radical (unpaired) electrons. The van der Waals surface area contributed by atoms with Gasteiger partial charge < -0.3 is 9.32 Å². The molecule has 9 rings (SSSR count). The number of anilines is 3. The van der Waals surface area contributed by atoms with Crippen molar-refractivity contribution in [1.29, 1.82) is 0 Å². The Labute approximate surface area is 275 Å². The van der Waals surface area contributed by atoms with Gasteiger partial charge in [0.15, 0.2) is 0 Å². The lowest BCUT2D eigenvalue weighted by molar-refractivity contribution is 0.660. The second-order valence-electron chi connectivity index (χ2n) is 13.0. The molecule has 0 unspecified atom stereocenters. The van der Waals surface area contributed by atoms with Crippen LogP contribution in [0, 0.1) is 0 Å². The zero-order valence-electron chi connectivity index (χ0n) is 26.4. The Hall–Kier alpha value is -5.86.